The van der Waals surface area contributed by atoms with Gasteiger partial charge in [0.25, 0.3) is 0 Å². The fourth-order valence-electron chi connectivity index (χ4n) is 0.820. The zero-order valence-electron chi connectivity index (χ0n) is 6.42. The lowest BCUT2D eigenvalue weighted by atomic mass is 10.1. The fraction of sp³-hybridized carbons (Fsp3) is 0.125. The summed E-state index contributed by atoms with van der Waals surface area (Å²) >= 11 is 11.2. The van der Waals surface area contributed by atoms with Crippen molar-refractivity contribution in [2.45, 2.75) is 5.38 Å². The third kappa shape index (κ3) is 2.57. The number of alkyl halides is 1. The highest BCUT2D eigenvalue weighted by Crippen LogP contribution is 2.23. The van der Waals surface area contributed by atoms with Crippen molar-refractivity contribution >= 4 is 28.4 Å². The van der Waals surface area contributed by atoms with E-state index in [-0.39, 0.29) is 11.0 Å². The Labute approximate surface area is 84.6 Å². The predicted molar refractivity (Wildman–Crippen MR) is 50.1 cm³/mol. The molecule has 0 heterocycles. The van der Waals surface area contributed by atoms with Gasteiger partial charge >= 0.3 is 0 Å². The molecule has 1 unspecified atom stereocenters. The molecular weight excluding hydrogens is 216 g/mol. The van der Waals surface area contributed by atoms with E-state index in [1.54, 1.807) is 0 Å². The second-order valence-electron chi connectivity index (χ2n) is 2.34. The van der Waals surface area contributed by atoms with Crippen molar-refractivity contribution in [3.63, 3.8) is 0 Å². The summed E-state index contributed by atoms with van der Waals surface area (Å²) in [4.78, 5) is 0. The van der Waals surface area contributed by atoms with E-state index < -0.39 is 5.38 Å². The van der Waals surface area contributed by atoms with E-state index in [1.165, 1.54) is 24.3 Å². The number of rotatable bonds is 2. The molecule has 0 amide bonds. The van der Waals surface area contributed by atoms with Gasteiger partial charge in [-0.3, -0.25) is 0 Å². The number of halogens is 3. The van der Waals surface area contributed by atoms with Crippen LogP contribution in [0, 0.1) is 5.82 Å². The molecule has 0 saturated heterocycles. The van der Waals surface area contributed by atoms with Gasteiger partial charge in [0, 0.05) is 0 Å². The van der Waals surface area contributed by atoms with Crippen molar-refractivity contribution in [1.82, 2.24) is 0 Å². The SMILES string of the molecule is O/N=C(\Cl)C(Cl)c1ccc(F)cc1. The summed E-state index contributed by atoms with van der Waals surface area (Å²) in [6.45, 7) is 0. The first-order chi connectivity index (χ1) is 6.15. The van der Waals surface area contributed by atoms with Gasteiger partial charge in [0.2, 0.25) is 0 Å². The smallest absolute Gasteiger partial charge is 0.167 e. The molecule has 0 saturated carbocycles. The summed E-state index contributed by atoms with van der Waals surface area (Å²) in [6.07, 6.45) is 0. The minimum Gasteiger partial charge on any atom is -0.410 e. The molecule has 0 aliphatic rings. The average molecular weight is 222 g/mol. The maximum absolute atomic E-state index is 12.5. The second-order valence-corrected chi connectivity index (χ2v) is 3.16. The van der Waals surface area contributed by atoms with E-state index in [9.17, 15) is 4.39 Å². The van der Waals surface area contributed by atoms with E-state index in [2.05, 4.69) is 5.16 Å². The number of nitrogens with zero attached hydrogens (tertiary/aromatic N) is 1. The van der Waals surface area contributed by atoms with E-state index >= 15 is 0 Å². The second kappa shape index (κ2) is 4.44. The molecule has 0 radical (unpaired) electrons. The van der Waals surface area contributed by atoms with Crippen molar-refractivity contribution < 1.29 is 9.60 Å². The standard InChI is InChI=1S/C8H6Cl2FNO/c9-7(8(10)12-13)5-1-3-6(11)4-2-5/h1-4,7,13H/b12-8-. The first-order valence-corrected chi connectivity index (χ1v) is 4.23. The fourth-order valence-corrected chi connectivity index (χ4v) is 1.14. The van der Waals surface area contributed by atoms with Gasteiger partial charge in [0.15, 0.2) is 5.17 Å². The molecule has 0 aromatic heterocycles. The highest BCUT2D eigenvalue weighted by atomic mass is 35.5. The van der Waals surface area contributed by atoms with Gasteiger partial charge in [-0.2, -0.15) is 0 Å². The van der Waals surface area contributed by atoms with Gasteiger partial charge in [-0.05, 0) is 17.7 Å². The van der Waals surface area contributed by atoms with Crippen molar-refractivity contribution in [2.75, 3.05) is 0 Å². The summed E-state index contributed by atoms with van der Waals surface area (Å²) < 4.78 is 12.5. The molecule has 1 aromatic carbocycles. The lowest BCUT2D eigenvalue weighted by molar-refractivity contribution is 0.319. The Morgan fingerprint density at radius 1 is 1.38 bits per heavy atom. The summed E-state index contributed by atoms with van der Waals surface area (Å²) in [5, 5.41) is 10.2. The number of hydrogen-bond acceptors (Lipinski definition) is 2. The summed E-state index contributed by atoms with van der Waals surface area (Å²) in [6, 6.07) is 5.46. The molecule has 1 rings (SSSR count). The van der Waals surface area contributed by atoms with Gasteiger partial charge in [-0.1, -0.05) is 28.9 Å². The Hall–Kier alpha value is -0.800. The van der Waals surface area contributed by atoms with Crippen LogP contribution in [-0.4, -0.2) is 10.4 Å². The summed E-state index contributed by atoms with van der Waals surface area (Å²) in [7, 11) is 0. The Morgan fingerprint density at radius 3 is 2.38 bits per heavy atom. The van der Waals surface area contributed by atoms with Crippen LogP contribution >= 0.6 is 23.2 Å². The van der Waals surface area contributed by atoms with Crippen LogP contribution < -0.4 is 0 Å². The molecule has 13 heavy (non-hydrogen) atoms. The minimum atomic E-state index is -0.743. The Bertz CT molecular complexity index is 312. The zero-order chi connectivity index (χ0) is 9.84. The Kier molecular flexibility index (Phi) is 3.51. The Balaban J connectivity index is 2.89. The highest BCUT2D eigenvalue weighted by molar-refractivity contribution is 6.70. The van der Waals surface area contributed by atoms with Gasteiger partial charge in [-0.25, -0.2) is 4.39 Å². The number of hydrogen-bond donors (Lipinski definition) is 1. The van der Waals surface area contributed by atoms with Crippen LogP contribution in [0.15, 0.2) is 29.4 Å². The lowest BCUT2D eigenvalue weighted by Gasteiger charge is -2.05. The summed E-state index contributed by atoms with van der Waals surface area (Å²) in [5.41, 5.74) is 0.575. The third-order valence-corrected chi connectivity index (χ3v) is 2.33. The molecule has 0 fully saturated rings. The molecular formula is C8H6Cl2FNO. The average Bonchev–Trinajstić information content (AvgIpc) is 2.17. The van der Waals surface area contributed by atoms with Gasteiger partial charge < -0.3 is 5.21 Å². The maximum atomic E-state index is 12.5. The molecule has 0 bridgehead atoms. The Morgan fingerprint density at radius 2 is 1.92 bits per heavy atom. The van der Waals surface area contributed by atoms with E-state index in [4.69, 9.17) is 28.4 Å². The zero-order valence-corrected chi connectivity index (χ0v) is 7.93. The molecule has 1 atom stereocenters. The molecule has 1 aromatic rings. The van der Waals surface area contributed by atoms with Crippen molar-refractivity contribution in [2.24, 2.45) is 5.16 Å². The van der Waals surface area contributed by atoms with E-state index in [1.807, 2.05) is 0 Å². The van der Waals surface area contributed by atoms with Crippen LogP contribution in [-0.2, 0) is 0 Å². The van der Waals surface area contributed by atoms with Gasteiger partial charge in [0.05, 0.1) is 0 Å². The molecule has 2 nitrogen and oxygen atoms in total. The van der Waals surface area contributed by atoms with Crippen LogP contribution in [0.25, 0.3) is 0 Å². The molecule has 70 valence electrons. The molecule has 1 N–H and O–H groups in total. The van der Waals surface area contributed by atoms with Crippen LogP contribution in [0.5, 0.6) is 0 Å². The quantitative estimate of drug-likeness (QED) is 0.354. The molecule has 0 aliphatic carbocycles. The van der Waals surface area contributed by atoms with Gasteiger partial charge in [0.1, 0.15) is 11.2 Å². The normalized spacial score (nSPS) is 14.2. The first-order valence-electron chi connectivity index (χ1n) is 3.42. The minimum absolute atomic E-state index is 0.145. The van der Waals surface area contributed by atoms with Crippen LogP contribution in [0.3, 0.4) is 0 Å². The molecule has 0 aliphatic heterocycles. The lowest BCUT2D eigenvalue weighted by Crippen LogP contribution is -1.99. The number of benzene rings is 1. The number of oxime groups is 1. The van der Waals surface area contributed by atoms with E-state index in [0.29, 0.717) is 5.56 Å². The molecule has 0 spiro atoms. The topological polar surface area (TPSA) is 32.6 Å². The van der Waals surface area contributed by atoms with Crippen molar-refractivity contribution in [3.8, 4) is 0 Å². The third-order valence-electron chi connectivity index (χ3n) is 1.47. The largest absolute Gasteiger partial charge is 0.410 e. The predicted octanol–water partition coefficient (Wildman–Crippen LogP) is 3.13. The van der Waals surface area contributed by atoms with Crippen molar-refractivity contribution in [1.29, 1.82) is 0 Å². The van der Waals surface area contributed by atoms with E-state index in [0.717, 1.165) is 0 Å². The monoisotopic (exact) mass is 221 g/mol. The van der Waals surface area contributed by atoms with Crippen molar-refractivity contribution in [3.05, 3.63) is 35.6 Å². The maximum Gasteiger partial charge on any atom is 0.167 e. The van der Waals surface area contributed by atoms with Crippen LogP contribution in [0.1, 0.15) is 10.9 Å². The van der Waals surface area contributed by atoms with Crippen LogP contribution in [0.4, 0.5) is 4.39 Å². The van der Waals surface area contributed by atoms with Crippen LogP contribution in [0.2, 0.25) is 0 Å². The first kappa shape index (κ1) is 10.3. The van der Waals surface area contributed by atoms with Gasteiger partial charge in [-0.15, -0.1) is 11.6 Å². The molecule has 5 heteroatoms. The highest BCUT2D eigenvalue weighted by Gasteiger charge is 2.13. The summed E-state index contributed by atoms with van der Waals surface area (Å²) in [5.74, 6) is -0.357.